The summed E-state index contributed by atoms with van der Waals surface area (Å²) in [6.07, 6.45) is 6.32. The van der Waals surface area contributed by atoms with E-state index in [4.69, 9.17) is 0 Å². The minimum atomic E-state index is -0.0681. The fourth-order valence-corrected chi connectivity index (χ4v) is 2.71. The Hall–Kier alpha value is -1.98. The molecule has 1 aliphatic carbocycles. The highest BCUT2D eigenvalue weighted by Crippen LogP contribution is 2.24. The van der Waals surface area contributed by atoms with Gasteiger partial charge >= 0.3 is 0 Å². The number of amides is 1. The number of carbonyl (C=O) groups excluding carboxylic acids is 1. The molecule has 3 rings (SSSR count). The molecule has 1 fully saturated rings. The molecule has 2 unspecified atom stereocenters. The molecule has 0 spiro atoms. The fraction of sp³-hybridized carbons (Fsp3) is 0.538. The molecule has 0 radical (unpaired) electrons. The summed E-state index contributed by atoms with van der Waals surface area (Å²) >= 11 is 0. The molecule has 1 aliphatic rings. The van der Waals surface area contributed by atoms with Crippen molar-refractivity contribution in [3.05, 3.63) is 23.8 Å². The number of hydrogen-bond donors (Lipinski definition) is 1. The Bertz CT molecular complexity index is 621. The first kappa shape index (κ1) is 12.1. The van der Waals surface area contributed by atoms with Crippen LogP contribution in [-0.2, 0) is 0 Å². The first-order chi connectivity index (χ1) is 9.15. The van der Waals surface area contributed by atoms with Crippen LogP contribution in [0.25, 0.3) is 5.78 Å². The number of aryl methyl sites for hydroxylation is 1. The van der Waals surface area contributed by atoms with E-state index in [2.05, 4.69) is 27.3 Å². The van der Waals surface area contributed by atoms with Gasteiger partial charge in [-0.3, -0.25) is 4.79 Å². The summed E-state index contributed by atoms with van der Waals surface area (Å²) in [6, 6.07) is 0.286. The highest BCUT2D eigenvalue weighted by molar-refractivity contribution is 5.95. The zero-order valence-electron chi connectivity index (χ0n) is 11.1. The van der Waals surface area contributed by atoms with Crippen molar-refractivity contribution in [3.8, 4) is 0 Å². The molecule has 2 aromatic rings. The fourth-order valence-electron chi connectivity index (χ4n) is 2.71. The number of carbonyl (C=O) groups is 1. The van der Waals surface area contributed by atoms with Crippen molar-refractivity contribution in [1.29, 1.82) is 0 Å². The summed E-state index contributed by atoms with van der Waals surface area (Å²) in [4.78, 5) is 20.4. The van der Waals surface area contributed by atoms with Crippen LogP contribution in [0, 0.1) is 12.8 Å². The summed E-state index contributed by atoms with van der Waals surface area (Å²) in [5, 5.41) is 7.15. The molecule has 19 heavy (non-hydrogen) atoms. The maximum Gasteiger partial charge on any atom is 0.254 e. The molecule has 2 atom stereocenters. The Morgan fingerprint density at radius 1 is 1.42 bits per heavy atom. The molecule has 100 valence electrons. The van der Waals surface area contributed by atoms with Crippen LogP contribution in [0.3, 0.4) is 0 Å². The second-order valence-electron chi connectivity index (χ2n) is 5.32. The van der Waals surface area contributed by atoms with E-state index >= 15 is 0 Å². The van der Waals surface area contributed by atoms with Gasteiger partial charge in [0, 0.05) is 12.2 Å². The second-order valence-corrected chi connectivity index (χ2v) is 5.32. The normalized spacial score (nSPS) is 22.8. The number of rotatable bonds is 2. The van der Waals surface area contributed by atoms with Crippen molar-refractivity contribution in [2.75, 3.05) is 0 Å². The monoisotopic (exact) mass is 259 g/mol. The zero-order chi connectivity index (χ0) is 13.4. The van der Waals surface area contributed by atoms with Gasteiger partial charge in [-0.1, -0.05) is 6.92 Å². The lowest BCUT2D eigenvalue weighted by Crippen LogP contribution is -2.33. The predicted octanol–water partition coefficient (Wildman–Crippen LogP) is 1.35. The highest BCUT2D eigenvalue weighted by Gasteiger charge is 2.24. The third-order valence-corrected chi connectivity index (χ3v) is 3.82. The minimum Gasteiger partial charge on any atom is -0.349 e. The van der Waals surface area contributed by atoms with Gasteiger partial charge < -0.3 is 5.32 Å². The lowest BCUT2D eigenvalue weighted by atomic mass is 10.1. The number of aromatic nitrogens is 4. The summed E-state index contributed by atoms with van der Waals surface area (Å²) in [5.74, 6) is 1.15. The van der Waals surface area contributed by atoms with E-state index in [0.29, 0.717) is 17.3 Å². The summed E-state index contributed by atoms with van der Waals surface area (Å²) < 4.78 is 1.59. The van der Waals surface area contributed by atoms with Gasteiger partial charge in [-0.05, 0) is 32.1 Å². The Morgan fingerprint density at radius 2 is 2.26 bits per heavy atom. The Labute approximate surface area is 111 Å². The standard InChI is InChI=1S/C13H17N5O/c1-8-3-4-10(5-8)17-12(19)11-6-14-13-15-7-16-18(13)9(11)2/h6-8,10H,3-5H2,1-2H3,(H,17,19). The molecule has 0 aliphatic heterocycles. The van der Waals surface area contributed by atoms with Crippen LogP contribution in [-0.4, -0.2) is 31.5 Å². The van der Waals surface area contributed by atoms with Crippen LogP contribution in [0.1, 0.15) is 42.2 Å². The lowest BCUT2D eigenvalue weighted by Gasteiger charge is -2.13. The van der Waals surface area contributed by atoms with E-state index in [1.54, 1.807) is 10.7 Å². The molecule has 1 amide bonds. The van der Waals surface area contributed by atoms with Crippen LogP contribution in [0.5, 0.6) is 0 Å². The van der Waals surface area contributed by atoms with E-state index in [1.165, 1.54) is 12.7 Å². The lowest BCUT2D eigenvalue weighted by molar-refractivity contribution is 0.0935. The number of fused-ring (bicyclic) bond motifs is 1. The molecule has 6 heteroatoms. The molecule has 0 saturated heterocycles. The van der Waals surface area contributed by atoms with E-state index < -0.39 is 0 Å². The maximum atomic E-state index is 12.3. The number of nitrogens with one attached hydrogen (secondary N) is 1. The molecule has 0 aromatic carbocycles. The first-order valence-electron chi connectivity index (χ1n) is 6.61. The summed E-state index contributed by atoms with van der Waals surface area (Å²) in [7, 11) is 0. The van der Waals surface area contributed by atoms with Crippen molar-refractivity contribution in [1.82, 2.24) is 24.9 Å². The average molecular weight is 259 g/mol. The minimum absolute atomic E-state index is 0.0681. The molecular weight excluding hydrogens is 242 g/mol. The Kier molecular flexibility index (Phi) is 2.93. The molecular formula is C13H17N5O. The van der Waals surface area contributed by atoms with Crippen molar-refractivity contribution < 1.29 is 4.79 Å². The topological polar surface area (TPSA) is 72.2 Å². The number of nitrogens with zero attached hydrogens (tertiary/aromatic N) is 4. The van der Waals surface area contributed by atoms with Gasteiger partial charge in [0.15, 0.2) is 0 Å². The van der Waals surface area contributed by atoms with Crippen molar-refractivity contribution in [3.63, 3.8) is 0 Å². The van der Waals surface area contributed by atoms with Gasteiger partial charge in [0.05, 0.1) is 11.3 Å². The molecule has 2 aromatic heterocycles. The van der Waals surface area contributed by atoms with Crippen molar-refractivity contribution in [2.24, 2.45) is 5.92 Å². The Balaban J connectivity index is 1.83. The summed E-state index contributed by atoms with van der Waals surface area (Å²) in [5.41, 5.74) is 1.34. The maximum absolute atomic E-state index is 12.3. The van der Waals surface area contributed by atoms with E-state index in [1.807, 2.05) is 6.92 Å². The van der Waals surface area contributed by atoms with Crippen LogP contribution in [0.2, 0.25) is 0 Å². The van der Waals surface area contributed by atoms with E-state index in [9.17, 15) is 4.79 Å². The van der Waals surface area contributed by atoms with Gasteiger partial charge in [-0.25, -0.2) is 9.50 Å². The van der Waals surface area contributed by atoms with Gasteiger partial charge in [-0.2, -0.15) is 10.1 Å². The van der Waals surface area contributed by atoms with Crippen molar-refractivity contribution >= 4 is 11.7 Å². The van der Waals surface area contributed by atoms with Crippen LogP contribution >= 0.6 is 0 Å². The van der Waals surface area contributed by atoms with Crippen LogP contribution in [0.4, 0.5) is 0 Å². The van der Waals surface area contributed by atoms with Crippen LogP contribution in [0.15, 0.2) is 12.5 Å². The third-order valence-electron chi connectivity index (χ3n) is 3.82. The zero-order valence-corrected chi connectivity index (χ0v) is 11.1. The smallest absolute Gasteiger partial charge is 0.254 e. The van der Waals surface area contributed by atoms with Crippen LogP contribution < -0.4 is 5.32 Å². The van der Waals surface area contributed by atoms with E-state index in [-0.39, 0.29) is 11.9 Å². The van der Waals surface area contributed by atoms with Gasteiger partial charge in [0.2, 0.25) is 0 Å². The SMILES string of the molecule is Cc1c(C(=O)NC2CCC(C)C2)cnc2ncnn12. The molecule has 0 bridgehead atoms. The van der Waals surface area contributed by atoms with E-state index in [0.717, 1.165) is 18.5 Å². The van der Waals surface area contributed by atoms with Gasteiger partial charge in [0.1, 0.15) is 6.33 Å². The largest absolute Gasteiger partial charge is 0.349 e. The quantitative estimate of drug-likeness (QED) is 0.883. The molecule has 1 N–H and O–H groups in total. The first-order valence-corrected chi connectivity index (χ1v) is 6.61. The highest BCUT2D eigenvalue weighted by atomic mass is 16.1. The van der Waals surface area contributed by atoms with Crippen molar-refractivity contribution in [2.45, 2.75) is 39.2 Å². The molecule has 6 nitrogen and oxygen atoms in total. The summed E-state index contributed by atoms with van der Waals surface area (Å²) in [6.45, 7) is 4.08. The molecule has 2 heterocycles. The van der Waals surface area contributed by atoms with Gasteiger partial charge in [-0.15, -0.1) is 0 Å². The number of hydrogen-bond acceptors (Lipinski definition) is 4. The van der Waals surface area contributed by atoms with Gasteiger partial charge in [0.25, 0.3) is 11.7 Å². The average Bonchev–Trinajstić information content (AvgIpc) is 2.99. The Morgan fingerprint density at radius 3 is 3.00 bits per heavy atom. The molecule has 1 saturated carbocycles. The third kappa shape index (κ3) is 2.18. The predicted molar refractivity (Wildman–Crippen MR) is 69.8 cm³/mol. The second kappa shape index (κ2) is 4.60.